The Morgan fingerprint density at radius 3 is 2.71 bits per heavy atom. The molecule has 2 aromatic rings. The highest BCUT2D eigenvalue weighted by molar-refractivity contribution is 8.00. The number of hydrogen-bond donors (Lipinski definition) is 0. The summed E-state index contributed by atoms with van der Waals surface area (Å²) in [6, 6.07) is 6.35. The van der Waals surface area contributed by atoms with Gasteiger partial charge in [0.05, 0.1) is 24.2 Å². The molecule has 1 unspecified atom stereocenters. The second-order valence-corrected chi connectivity index (χ2v) is 5.92. The van der Waals surface area contributed by atoms with Gasteiger partial charge in [0.25, 0.3) is 0 Å². The number of rotatable bonds is 4. The van der Waals surface area contributed by atoms with Crippen LogP contribution in [-0.4, -0.2) is 44.6 Å². The van der Waals surface area contributed by atoms with Crippen molar-refractivity contribution in [2.75, 3.05) is 18.8 Å². The lowest BCUT2D eigenvalue weighted by atomic mass is 10.3. The number of nitrogens with zero attached hydrogens (tertiary/aromatic N) is 4. The predicted octanol–water partition coefficient (Wildman–Crippen LogP) is 1.98. The molecule has 1 atom stereocenters. The fourth-order valence-electron chi connectivity index (χ4n) is 2.34. The minimum absolute atomic E-state index is 0.0963. The molecule has 1 fully saturated rings. The van der Waals surface area contributed by atoms with Crippen molar-refractivity contribution in [3.63, 3.8) is 0 Å². The summed E-state index contributed by atoms with van der Waals surface area (Å²) >= 11 is 1.43. The lowest BCUT2D eigenvalue weighted by molar-refractivity contribution is -0.127. The van der Waals surface area contributed by atoms with Crippen LogP contribution in [0.4, 0.5) is 4.39 Å². The highest BCUT2D eigenvalue weighted by Crippen LogP contribution is 2.23. The molecule has 1 aromatic carbocycles. The molecule has 0 bridgehead atoms. The Bertz CT molecular complexity index is 602. The fraction of sp³-hybridized carbons (Fsp3) is 0.357. The van der Waals surface area contributed by atoms with E-state index in [2.05, 4.69) is 10.2 Å². The van der Waals surface area contributed by atoms with Crippen LogP contribution < -0.4 is 0 Å². The Labute approximate surface area is 126 Å². The average Bonchev–Trinajstić information content (AvgIpc) is 3.17. The second-order valence-electron chi connectivity index (χ2n) is 4.87. The van der Waals surface area contributed by atoms with Crippen LogP contribution in [0.2, 0.25) is 0 Å². The molecular formula is C14H15FN4OS. The molecule has 1 aliphatic rings. The molecule has 21 heavy (non-hydrogen) atoms. The van der Waals surface area contributed by atoms with E-state index in [0.29, 0.717) is 12.3 Å². The molecule has 110 valence electrons. The summed E-state index contributed by atoms with van der Waals surface area (Å²) in [5.41, 5.74) is 0. The lowest BCUT2D eigenvalue weighted by Gasteiger charge is -2.16. The van der Waals surface area contributed by atoms with Gasteiger partial charge in [-0.15, -0.1) is 11.8 Å². The number of carbonyl (C=O) groups is 1. The molecule has 5 nitrogen and oxygen atoms in total. The quantitative estimate of drug-likeness (QED) is 0.811. The molecule has 2 heterocycles. The summed E-state index contributed by atoms with van der Waals surface area (Å²) in [5, 5.41) is 8.24. The zero-order chi connectivity index (χ0) is 14.7. The molecule has 7 heteroatoms. The van der Waals surface area contributed by atoms with Crippen LogP contribution >= 0.6 is 11.8 Å². The van der Waals surface area contributed by atoms with Gasteiger partial charge in [-0.25, -0.2) is 4.39 Å². The average molecular weight is 306 g/mol. The van der Waals surface area contributed by atoms with Gasteiger partial charge in [-0.1, -0.05) is 0 Å². The first kappa shape index (κ1) is 14.1. The van der Waals surface area contributed by atoms with Gasteiger partial charge in [-0.2, -0.15) is 15.0 Å². The van der Waals surface area contributed by atoms with Gasteiger partial charge < -0.3 is 4.90 Å². The van der Waals surface area contributed by atoms with Crippen LogP contribution in [-0.2, 0) is 4.79 Å². The van der Waals surface area contributed by atoms with Crippen molar-refractivity contribution in [1.82, 2.24) is 19.9 Å². The first-order valence-electron chi connectivity index (χ1n) is 6.74. The van der Waals surface area contributed by atoms with Crippen LogP contribution in [0.25, 0.3) is 0 Å². The number of carbonyl (C=O) groups excluding carboxylic acids is 1. The summed E-state index contributed by atoms with van der Waals surface area (Å²) in [4.78, 5) is 16.6. The third-order valence-corrected chi connectivity index (χ3v) is 4.45. The number of likely N-dealkylation sites (tertiary alicyclic amines) is 1. The topological polar surface area (TPSA) is 51.0 Å². The molecule has 0 aliphatic carbocycles. The van der Waals surface area contributed by atoms with E-state index in [9.17, 15) is 9.18 Å². The van der Waals surface area contributed by atoms with Crippen LogP contribution in [0.3, 0.4) is 0 Å². The van der Waals surface area contributed by atoms with E-state index in [4.69, 9.17) is 0 Å². The molecule has 1 amide bonds. The number of amides is 1. The van der Waals surface area contributed by atoms with Crippen LogP contribution in [0.1, 0.15) is 12.5 Å². The predicted molar refractivity (Wildman–Crippen MR) is 77.4 cm³/mol. The summed E-state index contributed by atoms with van der Waals surface area (Å²) in [7, 11) is 0. The Kier molecular flexibility index (Phi) is 4.19. The lowest BCUT2D eigenvalue weighted by Crippen LogP contribution is -2.30. The first-order chi connectivity index (χ1) is 10.2. The Hall–Kier alpha value is -1.89. The second kappa shape index (κ2) is 6.26. The smallest absolute Gasteiger partial charge is 0.233 e. The van der Waals surface area contributed by atoms with Crippen molar-refractivity contribution < 1.29 is 9.18 Å². The van der Waals surface area contributed by atoms with E-state index < -0.39 is 0 Å². The molecule has 0 spiro atoms. The zero-order valence-corrected chi connectivity index (χ0v) is 12.2. The fourth-order valence-corrected chi connectivity index (χ4v) is 3.14. The summed E-state index contributed by atoms with van der Waals surface area (Å²) < 4.78 is 12.8. The Morgan fingerprint density at radius 2 is 2.00 bits per heavy atom. The van der Waals surface area contributed by atoms with Gasteiger partial charge in [0, 0.05) is 18.0 Å². The third kappa shape index (κ3) is 3.41. The maximum atomic E-state index is 12.8. The Morgan fingerprint density at radius 1 is 1.29 bits per heavy atom. The monoisotopic (exact) mass is 306 g/mol. The largest absolute Gasteiger partial charge is 0.340 e. The van der Waals surface area contributed by atoms with Crippen LogP contribution in [0.5, 0.6) is 0 Å². The van der Waals surface area contributed by atoms with E-state index in [1.807, 2.05) is 4.90 Å². The normalized spacial score (nSPS) is 18.1. The van der Waals surface area contributed by atoms with Crippen LogP contribution in [0.15, 0.2) is 41.6 Å². The molecule has 0 N–H and O–H groups in total. The van der Waals surface area contributed by atoms with Crippen molar-refractivity contribution >= 4 is 17.7 Å². The first-order valence-corrected chi connectivity index (χ1v) is 7.73. The van der Waals surface area contributed by atoms with Crippen molar-refractivity contribution in [3.05, 3.63) is 42.5 Å². The highest BCUT2D eigenvalue weighted by atomic mass is 32.2. The maximum Gasteiger partial charge on any atom is 0.233 e. The standard InChI is InChI=1S/C14H15FN4OS/c15-11-1-3-13(4-2-11)21-10-14(20)18-8-5-12(9-18)19-16-6-7-17-19/h1-4,6-7,12H,5,8-10H2. The van der Waals surface area contributed by atoms with E-state index in [-0.39, 0.29) is 17.8 Å². The number of halogens is 1. The van der Waals surface area contributed by atoms with Crippen molar-refractivity contribution in [1.29, 1.82) is 0 Å². The van der Waals surface area contributed by atoms with Crippen molar-refractivity contribution in [2.45, 2.75) is 17.4 Å². The minimum atomic E-state index is -0.264. The summed E-state index contributed by atoms with van der Waals surface area (Å²) in [6.45, 7) is 1.38. The minimum Gasteiger partial charge on any atom is -0.340 e. The highest BCUT2D eigenvalue weighted by Gasteiger charge is 2.28. The molecule has 3 rings (SSSR count). The van der Waals surface area contributed by atoms with E-state index in [1.54, 1.807) is 29.3 Å². The van der Waals surface area contributed by atoms with E-state index >= 15 is 0 Å². The number of benzene rings is 1. The SMILES string of the molecule is O=C(CSc1ccc(F)cc1)N1CCC(n2nccn2)C1. The molecule has 0 saturated carbocycles. The van der Waals surface area contributed by atoms with Gasteiger partial charge in [-0.05, 0) is 30.7 Å². The van der Waals surface area contributed by atoms with Gasteiger partial charge in [0.1, 0.15) is 5.82 Å². The zero-order valence-electron chi connectivity index (χ0n) is 11.4. The van der Waals surface area contributed by atoms with E-state index in [1.165, 1.54) is 23.9 Å². The number of hydrogen-bond acceptors (Lipinski definition) is 4. The number of aromatic nitrogens is 3. The summed E-state index contributed by atoms with van der Waals surface area (Å²) in [6.07, 6.45) is 4.17. The van der Waals surface area contributed by atoms with E-state index in [0.717, 1.165) is 17.9 Å². The Balaban J connectivity index is 1.51. The van der Waals surface area contributed by atoms with Crippen molar-refractivity contribution in [2.24, 2.45) is 0 Å². The number of thioether (sulfide) groups is 1. The molecule has 1 aromatic heterocycles. The van der Waals surface area contributed by atoms with Gasteiger partial charge in [0.2, 0.25) is 5.91 Å². The van der Waals surface area contributed by atoms with Gasteiger partial charge >= 0.3 is 0 Å². The molecule has 1 aliphatic heterocycles. The van der Waals surface area contributed by atoms with Gasteiger partial charge in [-0.3, -0.25) is 4.79 Å². The molecule has 1 saturated heterocycles. The summed E-state index contributed by atoms with van der Waals surface area (Å²) in [5.74, 6) is 0.198. The molecular weight excluding hydrogens is 291 g/mol. The van der Waals surface area contributed by atoms with Gasteiger partial charge in [0.15, 0.2) is 0 Å². The third-order valence-electron chi connectivity index (χ3n) is 3.46. The van der Waals surface area contributed by atoms with Crippen LogP contribution in [0, 0.1) is 5.82 Å². The maximum absolute atomic E-state index is 12.8. The van der Waals surface area contributed by atoms with Crippen molar-refractivity contribution in [3.8, 4) is 0 Å². The molecule has 0 radical (unpaired) electrons.